The van der Waals surface area contributed by atoms with Gasteiger partial charge in [-0.25, -0.2) is 0 Å². The Hall–Kier alpha value is -2.63. The molecule has 6 nitrogen and oxygen atoms in total. The fraction of sp³-hybridized carbons (Fsp3) is 0.389. The fourth-order valence-corrected chi connectivity index (χ4v) is 2.80. The number of anilines is 2. The summed E-state index contributed by atoms with van der Waals surface area (Å²) in [6, 6.07) is 11.1. The zero-order chi connectivity index (χ0) is 16.8. The van der Waals surface area contributed by atoms with Gasteiger partial charge in [-0.2, -0.15) is 0 Å². The van der Waals surface area contributed by atoms with Gasteiger partial charge in [-0.15, -0.1) is 10.2 Å². The Bertz CT molecular complexity index is 680. The number of methoxy groups -OCH3 is 1. The largest absolute Gasteiger partial charge is 0.497 e. The Balaban J connectivity index is 1.67. The van der Waals surface area contributed by atoms with E-state index in [2.05, 4.69) is 15.5 Å². The maximum absolute atomic E-state index is 12.5. The van der Waals surface area contributed by atoms with Crippen molar-refractivity contribution in [1.82, 2.24) is 15.1 Å². The summed E-state index contributed by atoms with van der Waals surface area (Å²) in [6.07, 6.45) is 4.51. The molecule has 0 atom stereocenters. The van der Waals surface area contributed by atoms with E-state index >= 15 is 0 Å². The minimum absolute atomic E-state index is 0.0302. The number of rotatable bonds is 4. The van der Waals surface area contributed by atoms with Gasteiger partial charge in [-0.05, 0) is 37.1 Å². The first-order valence-corrected chi connectivity index (χ1v) is 8.30. The minimum Gasteiger partial charge on any atom is -0.497 e. The number of carbonyl (C=O) groups is 1. The Morgan fingerprint density at radius 3 is 2.54 bits per heavy atom. The van der Waals surface area contributed by atoms with Gasteiger partial charge in [0.2, 0.25) is 0 Å². The highest BCUT2D eigenvalue weighted by atomic mass is 16.5. The van der Waals surface area contributed by atoms with Crippen molar-refractivity contribution >= 4 is 17.4 Å². The van der Waals surface area contributed by atoms with E-state index in [-0.39, 0.29) is 5.91 Å². The molecular formula is C18H22N4O2. The summed E-state index contributed by atoms with van der Waals surface area (Å²) in [6.45, 7) is 1.62. The van der Waals surface area contributed by atoms with Crippen molar-refractivity contribution in [3.8, 4) is 5.75 Å². The lowest BCUT2D eigenvalue weighted by Crippen LogP contribution is -2.32. The second kappa shape index (κ2) is 7.77. The molecular weight excluding hydrogens is 304 g/mol. The normalized spacial score (nSPS) is 14.8. The highest BCUT2D eigenvalue weighted by molar-refractivity contribution is 5.92. The lowest BCUT2D eigenvalue weighted by molar-refractivity contribution is 0.0754. The number of amides is 1. The van der Waals surface area contributed by atoms with Crippen molar-refractivity contribution in [2.45, 2.75) is 25.7 Å². The first-order valence-electron chi connectivity index (χ1n) is 8.30. The third-order valence-corrected chi connectivity index (χ3v) is 4.12. The maximum Gasteiger partial charge on any atom is 0.274 e. The average Bonchev–Trinajstić information content (AvgIpc) is 2.91. The molecule has 6 heteroatoms. The third kappa shape index (κ3) is 4.01. The van der Waals surface area contributed by atoms with Crippen molar-refractivity contribution in [3.63, 3.8) is 0 Å². The molecule has 0 saturated carbocycles. The predicted molar refractivity (Wildman–Crippen MR) is 92.7 cm³/mol. The van der Waals surface area contributed by atoms with Crippen LogP contribution in [-0.4, -0.2) is 41.2 Å². The quantitative estimate of drug-likeness (QED) is 0.934. The molecule has 24 heavy (non-hydrogen) atoms. The van der Waals surface area contributed by atoms with Crippen LogP contribution in [0.3, 0.4) is 0 Å². The summed E-state index contributed by atoms with van der Waals surface area (Å²) in [5, 5.41) is 11.4. The SMILES string of the molecule is COc1cccc(Nc2ccc(C(=O)N3CCCCCC3)nn2)c1. The predicted octanol–water partition coefficient (Wildman–Crippen LogP) is 3.25. The molecule has 1 fully saturated rings. The number of hydrogen-bond donors (Lipinski definition) is 1. The molecule has 1 amide bonds. The fourth-order valence-electron chi connectivity index (χ4n) is 2.80. The molecule has 0 aliphatic carbocycles. The molecule has 3 rings (SSSR count). The van der Waals surface area contributed by atoms with E-state index in [1.54, 1.807) is 19.2 Å². The van der Waals surface area contributed by atoms with Crippen LogP contribution in [0.15, 0.2) is 36.4 Å². The van der Waals surface area contributed by atoms with Crippen LogP contribution in [0.1, 0.15) is 36.2 Å². The number of aromatic nitrogens is 2. The number of hydrogen-bond acceptors (Lipinski definition) is 5. The van der Waals surface area contributed by atoms with E-state index in [1.165, 1.54) is 12.8 Å². The number of nitrogens with one attached hydrogen (secondary N) is 1. The molecule has 1 N–H and O–H groups in total. The van der Waals surface area contributed by atoms with Gasteiger partial charge >= 0.3 is 0 Å². The van der Waals surface area contributed by atoms with Gasteiger partial charge in [0.15, 0.2) is 11.5 Å². The van der Waals surface area contributed by atoms with Crippen LogP contribution in [0.25, 0.3) is 0 Å². The van der Waals surface area contributed by atoms with Gasteiger partial charge < -0.3 is 15.0 Å². The number of ether oxygens (including phenoxy) is 1. The van der Waals surface area contributed by atoms with E-state index in [0.29, 0.717) is 11.5 Å². The second-order valence-corrected chi connectivity index (χ2v) is 5.87. The monoisotopic (exact) mass is 326 g/mol. The van der Waals surface area contributed by atoms with E-state index in [4.69, 9.17) is 4.74 Å². The molecule has 2 aromatic rings. The molecule has 0 radical (unpaired) electrons. The second-order valence-electron chi connectivity index (χ2n) is 5.87. The summed E-state index contributed by atoms with van der Waals surface area (Å²) in [4.78, 5) is 14.4. The van der Waals surface area contributed by atoms with Crippen LogP contribution in [-0.2, 0) is 0 Å². The molecule has 1 aromatic carbocycles. The van der Waals surface area contributed by atoms with Crippen molar-refractivity contribution in [2.75, 3.05) is 25.5 Å². The van der Waals surface area contributed by atoms with E-state index in [1.807, 2.05) is 29.2 Å². The zero-order valence-corrected chi connectivity index (χ0v) is 13.9. The summed E-state index contributed by atoms with van der Waals surface area (Å²) in [7, 11) is 1.63. The van der Waals surface area contributed by atoms with E-state index < -0.39 is 0 Å². The molecule has 0 bridgehead atoms. The molecule has 1 aliphatic rings. The lowest BCUT2D eigenvalue weighted by atomic mass is 10.2. The lowest BCUT2D eigenvalue weighted by Gasteiger charge is -2.19. The molecule has 1 saturated heterocycles. The number of nitrogens with zero attached hydrogens (tertiary/aromatic N) is 3. The van der Waals surface area contributed by atoms with Crippen LogP contribution in [0.5, 0.6) is 5.75 Å². The molecule has 0 unspecified atom stereocenters. The molecule has 2 heterocycles. The van der Waals surface area contributed by atoms with Gasteiger partial charge in [0, 0.05) is 24.8 Å². The Morgan fingerprint density at radius 2 is 1.88 bits per heavy atom. The highest BCUT2D eigenvalue weighted by Crippen LogP contribution is 2.20. The van der Waals surface area contributed by atoms with Gasteiger partial charge in [0.1, 0.15) is 5.75 Å². The van der Waals surface area contributed by atoms with Crippen molar-refractivity contribution in [2.24, 2.45) is 0 Å². The summed E-state index contributed by atoms with van der Waals surface area (Å²) in [5.41, 5.74) is 1.25. The average molecular weight is 326 g/mol. The zero-order valence-electron chi connectivity index (χ0n) is 13.9. The highest BCUT2D eigenvalue weighted by Gasteiger charge is 2.18. The van der Waals surface area contributed by atoms with Crippen LogP contribution in [0, 0.1) is 0 Å². The Morgan fingerprint density at radius 1 is 1.08 bits per heavy atom. The molecule has 126 valence electrons. The van der Waals surface area contributed by atoms with Crippen molar-refractivity contribution in [1.29, 1.82) is 0 Å². The van der Waals surface area contributed by atoms with Gasteiger partial charge in [-0.1, -0.05) is 18.9 Å². The van der Waals surface area contributed by atoms with Crippen LogP contribution >= 0.6 is 0 Å². The third-order valence-electron chi connectivity index (χ3n) is 4.12. The molecule has 1 aromatic heterocycles. The number of benzene rings is 1. The molecule has 0 spiro atoms. The Labute approximate surface area is 141 Å². The van der Waals surface area contributed by atoms with Gasteiger partial charge in [0.25, 0.3) is 5.91 Å². The minimum atomic E-state index is -0.0302. The smallest absolute Gasteiger partial charge is 0.274 e. The van der Waals surface area contributed by atoms with Gasteiger partial charge in [0.05, 0.1) is 7.11 Å². The number of likely N-dealkylation sites (tertiary alicyclic amines) is 1. The topological polar surface area (TPSA) is 67.3 Å². The Kier molecular flexibility index (Phi) is 5.25. The van der Waals surface area contributed by atoms with E-state index in [9.17, 15) is 4.79 Å². The molecule has 1 aliphatic heterocycles. The first kappa shape index (κ1) is 16.2. The van der Waals surface area contributed by atoms with Crippen LogP contribution in [0.4, 0.5) is 11.5 Å². The summed E-state index contributed by atoms with van der Waals surface area (Å²) < 4.78 is 5.19. The van der Waals surface area contributed by atoms with Crippen LogP contribution in [0.2, 0.25) is 0 Å². The summed E-state index contributed by atoms with van der Waals surface area (Å²) in [5.74, 6) is 1.33. The van der Waals surface area contributed by atoms with Gasteiger partial charge in [-0.3, -0.25) is 4.79 Å². The van der Waals surface area contributed by atoms with Crippen molar-refractivity contribution in [3.05, 3.63) is 42.1 Å². The van der Waals surface area contributed by atoms with E-state index in [0.717, 1.165) is 37.4 Å². The van der Waals surface area contributed by atoms with Crippen LogP contribution < -0.4 is 10.1 Å². The number of carbonyl (C=O) groups excluding carboxylic acids is 1. The maximum atomic E-state index is 12.5. The van der Waals surface area contributed by atoms with Crippen molar-refractivity contribution < 1.29 is 9.53 Å². The first-order chi connectivity index (χ1) is 11.8. The summed E-state index contributed by atoms with van der Waals surface area (Å²) >= 11 is 0. The standard InChI is InChI=1S/C18H22N4O2/c1-24-15-8-6-7-14(13-15)19-17-10-9-16(20-21-17)18(23)22-11-4-2-3-5-12-22/h6-10,13H,2-5,11-12H2,1H3,(H,19,21).